The number of aryl methyl sites for hydroxylation is 1. The minimum atomic E-state index is -1.04. The molecule has 0 spiro atoms. The normalized spacial score (nSPS) is 19.7. The molecule has 6 heteroatoms. The second-order valence-electron chi connectivity index (χ2n) is 6.10. The highest BCUT2D eigenvalue weighted by Crippen LogP contribution is 2.30. The van der Waals surface area contributed by atoms with E-state index < -0.39 is 12.3 Å². The zero-order valence-corrected chi connectivity index (χ0v) is 16.3. The molecule has 3 atom stereocenters. The van der Waals surface area contributed by atoms with Gasteiger partial charge in [0, 0.05) is 12.1 Å². The number of ether oxygens (including phenoxy) is 2. The van der Waals surface area contributed by atoms with Gasteiger partial charge >= 0.3 is 0 Å². The highest BCUT2D eigenvalue weighted by atomic mass is 16.5. The van der Waals surface area contributed by atoms with E-state index in [1.54, 1.807) is 7.11 Å². The van der Waals surface area contributed by atoms with Crippen molar-refractivity contribution in [1.82, 2.24) is 0 Å². The van der Waals surface area contributed by atoms with Crippen LogP contribution in [0.1, 0.15) is 37.5 Å². The Bertz CT molecular complexity index is 727. The molecule has 0 amide bonds. The van der Waals surface area contributed by atoms with Crippen LogP contribution in [0.3, 0.4) is 0 Å². The summed E-state index contributed by atoms with van der Waals surface area (Å²) in [7, 11) is 1.63. The van der Waals surface area contributed by atoms with Crippen LogP contribution < -0.4 is 15.8 Å². The van der Waals surface area contributed by atoms with E-state index in [0.717, 1.165) is 17.0 Å². The van der Waals surface area contributed by atoms with E-state index >= 15 is 0 Å². The first kappa shape index (κ1) is 20.7. The molecule has 1 aliphatic heterocycles. The van der Waals surface area contributed by atoms with Crippen LogP contribution in [-0.4, -0.2) is 30.5 Å². The van der Waals surface area contributed by atoms with Gasteiger partial charge in [-0.25, -0.2) is 4.99 Å². The Kier molecular flexibility index (Phi) is 7.64. The van der Waals surface area contributed by atoms with Gasteiger partial charge in [0.2, 0.25) is 0 Å². The number of aliphatic hydroxyl groups excluding tert-OH is 1. The van der Waals surface area contributed by atoms with E-state index in [4.69, 9.17) is 15.2 Å². The van der Waals surface area contributed by atoms with Gasteiger partial charge in [-0.1, -0.05) is 43.7 Å². The van der Waals surface area contributed by atoms with Gasteiger partial charge < -0.3 is 25.6 Å². The van der Waals surface area contributed by atoms with Crippen molar-refractivity contribution < 1.29 is 14.6 Å². The summed E-state index contributed by atoms with van der Waals surface area (Å²) in [5.74, 6) is 0.779. The fourth-order valence-electron chi connectivity index (χ4n) is 2.70. The third-order valence-electron chi connectivity index (χ3n) is 4.18. The molecule has 6 nitrogen and oxygen atoms in total. The Labute approximate surface area is 161 Å². The highest BCUT2D eigenvalue weighted by molar-refractivity contribution is 5.89. The van der Waals surface area contributed by atoms with E-state index in [9.17, 15) is 5.11 Å². The number of aliphatic hydroxyl groups is 1. The van der Waals surface area contributed by atoms with Crippen LogP contribution >= 0.6 is 0 Å². The monoisotopic (exact) mass is 371 g/mol. The number of benzene rings is 2. The molecule has 27 heavy (non-hydrogen) atoms. The Morgan fingerprint density at radius 1 is 1.15 bits per heavy atom. The van der Waals surface area contributed by atoms with Crippen molar-refractivity contribution in [3.05, 3.63) is 59.7 Å². The predicted octanol–water partition coefficient (Wildman–Crippen LogP) is 3.61. The van der Waals surface area contributed by atoms with Gasteiger partial charge in [-0.05, 0) is 36.8 Å². The molecule has 0 saturated heterocycles. The number of rotatable bonds is 4. The fourth-order valence-corrected chi connectivity index (χ4v) is 2.70. The average molecular weight is 371 g/mol. The lowest BCUT2D eigenvalue weighted by Gasteiger charge is -2.30. The number of anilines is 1. The number of hydrogen-bond donors (Lipinski definition) is 3. The second kappa shape index (κ2) is 9.94. The fraction of sp³-hybridized carbons (Fsp3) is 0.381. The van der Waals surface area contributed by atoms with Crippen LogP contribution in [0.25, 0.3) is 0 Å². The SMILES string of the molecule is CC.COc1ccc(C2CC(C(N)O)N=C(Nc3ccc(C)cc3)O2)cc1. The third-order valence-corrected chi connectivity index (χ3v) is 4.18. The quantitative estimate of drug-likeness (QED) is 0.715. The van der Waals surface area contributed by atoms with Gasteiger partial charge in [0.1, 0.15) is 18.1 Å². The number of nitrogens with two attached hydrogens (primary N) is 1. The van der Waals surface area contributed by atoms with Crippen molar-refractivity contribution in [2.24, 2.45) is 10.7 Å². The molecule has 2 aromatic rings. The van der Waals surface area contributed by atoms with E-state index in [0.29, 0.717) is 12.4 Å². The average Bonchev–Trinajstić information content (AvgIpc) is 2.71. The molecule has 0 aromatic heterocycles. The van der Waals surface area contributed by atoms with Crippen molar-refractivity contribution >= 4 is 11.7 Å². The molecule has 4 N–H and O–H groups in total. The van der Waals surface area contributed by atoms with Crippen LogP contribution in [0.5, 0.6) is 5.75 Å². The largest absolute Gasteiger partial charge is 0.497 e. The van der Waals surface area contributed by atoms with Crippen molar-refractivity contribution in [1.29, 1.82) is 0 Å². The zero-order valence-electron chi connectivity index (χ0n) is 16.3. The molecule has 1 aliphatic rings. The van der Waals surface area contributed by atoms with E-state index in [1.165, 1.54) is 5.56 Å². The summed E-state index contributed by atoms with van der Waals surface area (Å²) in [4.78, 5) is 4.39. The van der Waals surface area contributed by atoms with Crippen molar-refractivity contribution in [2.75, 3.05) is 12.4 Å². The molecule has 0 radical (unpaired) electrons. The van der Waals surface area contributed by atoms with Gasteiger partial charge in [-0.2, -0.15) is 0 Å². The Morgan fingerprint density at radius 2 is 1.78 bits per heavy atom. The van der Waals surface area contributed by atoms with E-state index in [2.05, 4.69) is 10.3 Å². The lowest BCUT2D eigenvalue weighted by Crippen LogP contribution is -2.40. The first-order valence-electron chi connectivity index (χ1n) is 9.21. The van der Waals surface area contributed by atoms with Gasteiger partial charge in [-0.3, -0.25) is 0 Å². The second-order valence-corrected chi connectivity index (χ2v) is 6.10. The Hall–Kier alpha value is -2.57. The van der Waals surface area contributed by atoms with E-state index in [-0.39, 0.29) is 6.10 Å². The van der Waals surface area contributed by atoms with Crippen LogP contribution in [0.2, 0.25) is 0 Å². The predicted molar refractivity (Wildman–Crippen MR) is 109 cm³/mol. The standard InChI is InChI=1S/C19H23N3O3.C2H6/c1-12-3-7-14(8-4-12)21-19-22-16(18(20)23)11-17(25-19)13-5-9-15(24-2)10-6-13;1-2/h3-10,16-18,23H,11,20H2,1-2H3,(H,21,22);1-2H3. The molecule has 0 saturated carbocycles. The highest BCUT2D eigenvalue weighted by Gasteiger charge is 2.29. The molecular weight excluding hydrogens is 342 g/mol. The van der Waals surface area contributed by atoms with Crippen LogP contribution in [-0.2, 0) is 4.74 Å². The number of nitrogens with one attached hydrogen (secondary N) is 1. The maximum atomic E-state index is 9.81. The molecule has 3 rings (SSSR count). The molecule has 2 aromatic carbocycles. The number of methoxy groups -OCH3 is 1. The first-order chi connectivity index (χ1) is 13.0. The molecule has 0 bridgehead atoms. The summed E-state index contributed by atoms with van der Waals surface area (Å²) >= 11 is 0. The number of amidine groups is 1. The van der Waals surface area contributed by atoms with Crippen molar-refractivity contribution in [3.8, 4) is 5.75 Å². The minimum absolute atomic E-state index is 0.250. The molecule has 0 fully saturated rings. The third kappa shape index (κ3) is 5.70. The number of aliphatic imine (C=N–C) groups is 1. The summed E-state index contributed by atoms with van der Waals surface area (Å²) in [6, 6.07) is 15.5. The van der Waals surface area contributed by atoms with Crippen molar-refractivity contribution in [2.45, 2.75) is 45.6 Å². The molecule has 1 heterocycles. The van der Waals surface area contributed by atoms with Gasteiger partial charge in [0.25, 0.3) is 6.02 Å². The zero-order chi connectivity index (χ0) is 19.8. The van der Waals surface area contributed by atoms with Crippen LogP contribution in [0, 0.1) is 6.92 Å². The van der Waals surface area contributed by atoms with Gasteiger partial charge in [0.05, 0.1) is 13.2 Å². The first-order valence-corrected chi connectivity index (χ1v) is 9.21. The lowest BCUT2D eigenvalue weighted by molar-refractivity contribution is 0.0868. The topological polar surface area (TPSA) is 89.1 Å². The molecule has 3 unspecified atom stereocenters. The lowest BCUT2D eigenvalue weighted by atomic mass is 10.0. The van der Waals surface area contributed by atoms with Gasteiger partial charge in [-0.15, -0.1) is 0 Å². The summed E-state index contributed by atoms with van der Waals surface area (Å²) in [6.45, 7) is 6.03. The Balaban J connectivity index is 0.00000126. The maximum Gasteiger partial charge on any atom is 0.290 e. The maximum absolute atomic E-state index is 9.81. The van der Waals surface area contributed by atoms with Crippen molar-refractivity contribution in [3.63, 3.8) is 0 Å². The van der Waals surface area contributed by atoms with Gasteiger partial charge in [0.15, 0.2) is 0 Å². The summed E-state index contributed by atoms with van der Waals surface area (Å²) < 4.78 is 11.2. The minimum Gasteiger partial charge on any atom is -0.497 e. The summed E-state index contributed by atoms with van der Waals surface area (Å²) in [5.41, 5.74) is 8.69. The summed E-state index contributed by atoms with van der Waals surface area (Å²) in [5, 5.41) is 13.0. The molecule has 0 aliphatic carbocycles. The summed E-state index contributed by atoms with van der Waals surface area (Å²) in [6.07, 6.45) is -0.790. The van der Waals surface area contributed by atoms with Crippen LogP contribution in [0.15, 0.2) is 53.5 Å². The van der Waals surface area contributed by atoms with E-state index in [1.807, 2.05) is 69.3 Å². The number of hydrogen-bond acceptors (Lipinski definition) is 6. The van der Waals surface area contributed by atoms with Crippen LogP contribution in [0.4, 0.5) is 5.69 Å². The molecule has 146 valence electrons. The number of nitrogens with zero attached hydrogens (tertiary/aromatic N) is 1. The smallest absolute Gasteiger partial charge is 0.290 e. The molecular formula is C21H29N3O3. The Morgan fingerprint density at radius 3 is 2.33 bits per heavy atom.